The Morgan fingerprint density at radius 1 is 1.27 bits per heavy atom. The molecule has 1 amide bonds. The van der Waals surface area contributed by atoms with E-state index in [2.05, 4.69) is 4.98 Å². The van der Waals surface area contributed by atoms with Crippen LogP contribution in [0.5, 0.6) is 0 Å². The van der Waals surface area contributed by atoms with Crippen LogP contribution in [0.4, 0.5) is 4.39 Å². The van der Waals surface area contributed by atoms with Gasteiger partial charge in [-0.15, -0.1) is 0 Å². The van der Waals surface area contributed by atoms with Crippen molar-refractivity contribution < 1.29 is 22.3 Å². The third-order valence-electron chi connectivity index (χ3n) is 4.59. The second kappa shape index (κ2) is 8.24. The summed E-state index contributed by atoms with van der Waals surface area (Å²) in [5, 5.41) is -0.595. The van der Waals surface area contributed by atoms with E-state index in [9.17, 15) is 17.6 Å². The first-order chi connectivity index (χ1) is 12.5. The second-order valence-corrected chi connectivity index (χ2v) is 8.59. The van der Waals surface area contributed by atoms with Gasteiger partial charge in [-0.05, 0) is 30.5 Å². The van der Waals surface area contributed by atoms with Gasteiger partial charge in [-0.2, -0.15) is 4.31 Å². The Balaban J connectivity index is 1.65. The van der Waals surface area contributed by atoms with Crippen LogP contribution in [-0.2, 0) is 19.6 Å². The Hall–Kier alpha value is -1.84. The summed E-state index contributed by atoms with van der Waals surface area (Å²) < 4.78 is 45.4. The summed E-state index contributed by atoms with van der Waals surface area (Å²) in [6.45, 7) is 2.21. The van der Waals surface area contributed by atoms with Crippen molar-refractivity contribution in [1.29, 1.82) is 0 Å². The molecule has 0 N–H and O–H groups in total. The van der Waals surface area contributed by atoms with E-state index >= 15 is 0 Å². The minimum absolute atomic E-state index is 0.171. The third kappa shape index (κ3) is 4.46. The van der Waals surface area contributed by atoms with Crippen molar-refractivity contribution in [1.82, 2.24) is 14.2 Å². The average Bonchev–Trinajstić information content (AvgIpc) is 2.67. The molecule has 2 aliphatic rings. The number of aromatic nitrogens is 1. The molecule has 1 aromatic rings. The van der Waals surface area contributed by atoms with Crippen molar-refractivity contribution in [3.05, 3.63) is 35.9 Å². The van der Waals surface area contributed by atoms with Crippen molar-refractivity contribution >= 4 is 22.0 Å². The number of morpholine rings is 1. The number of hydrogen-bond donors (Lipinski definition) is 0. The molecule has 3 heterocycles. The highest BCUT2D eigenvalue weighted by Crippen LogP contribution is 2.21. The molecule has 0 spiro atoms. The fraction of sp³-hybridized carbons (Fsp3) is 0.529. The van der Waals surface area contributed by atoms with Gasteiger partial charge < -0.3 is 9.64 Å². The lowest BCUT2D eigenvalue weighted by Crippen LogP contribution is -2.51. The largest absolute Gasteiger partial charge is 0.379 e. The van der Waals surface area contributed by atoms with Gasteiger partial charge in [0.1, 0.15) is 5.82 Å². The molecule has 1 aromatic heterocycles. The van der Waals surface area contributed by atoms with Crippen molar-refractivity contribution in [3.63, 3.8) is 0 Å². The topological polar surface area (TPSA) is 79.8 Å². The number of nitrogens with zero attached hydrogens (tertiary/aromatic N) is 3. The zero-order valence-corrected chi connectivity index (χ0v) is 15.2. The van der Waals surface area contributed by atoms with Crippen LogP contribution in [0.3, 0.4) is 0 Å². The van der Waals surface area contributed by atoms with E-state index < -0.39 is 21.1 Å². The van der Waals surface area contributed by atoms with Gasteiger partial charge in [0.15, 0.2) is 0 Å². The molecule has 2 saturated heterocycles. The van der Waals surface area contributed by atoms with Crippen molar-refractivity contribution in [2.75, 3.05) is 39.4 Å². The van der Waals surface area contributed by atoms with Crippen LogP contribution in [0.2, 0.25) is 0 Å². The Labute approximate surface area is 152 Å². The fourth-order valence-corrected chi connectivity index (χ4v) is 5.10. The molecule has 0 aliphatic carbocycles. The third-order valence-corrected chi connectivity index (χ3v) is 6.90. The van der Waals surface area contributed by atoms with E-state index in [0.717, 1.165) is 6.20 Å². The molecule has 142 valence electrons. The minimum atomic E-state index is -3.45. The van der Waals surface area contributed by atoms with Crippen LogP contribution in [0, 0.1) is 5.82 Å². The quantitative estimate of drug-likeness (QED) is 0.722. The molecule has 0 bridgehead atoms. The molecule has 9 heteroatoms. The molecular formula is C17H22FN3O4S. The Bertz CT molecular complexity index is 778. The monoisotopic (exact) mass is 383 g/mol. The lowest BCUT2D eigenvalue weighted by molar-refractivity contribution is -0.126. The van der Waals surface area contributed by atoms with E-state index in [1.54, 1.807) is 0 Å². The van der Waals surface area contributed by atoms with Crippen LogP contribution in [-0.4, -0.2) is 73.2 Å². The predicted molar refractivity (Wildman–Crippen MR) is 94.1 cm³/mol. The highest BCUT2D eigenvalue weighted by Gasteiger charge is 2.36. The second-order valence-electron chi connectivity index (χ2n) is 6.37. The number of pyridine rings is 1. The molecule has 7 nitrogen and oxygen atoms in total. The zero-order chi connectivity index (χ0) is 18.6. The van der Waals surface area contributed by atoms with Gasteiger partial charge in [0, 0.05) is 38.5 Å². The molecule has 1 unspecified atom stereocenters. The van der Waals surface area contributed by atoms with Crippen LogP contribution in [0.25, 0.3) is 6.08 Å². The van der Waals surface area contributed by atoms with E-state index in [1.165, 1.54) is 33.6 Å². The molecule has 2 aliphatic heterocycles. The molecular weight excluding hydrogens is 361 g/mol. The summed E-state index contributed by atoms with van der Waals surface area (Å²) >= 11 is 0. The summed E-state index contributed by atoms with van der Waals surface area (Å²) in [5.41, 5.74) is 0.479. The van der Waals surface area contributed by atoms with Crippen LogP contribution >= 0.6 is 0 Å². The standard InChI is InChI=1S/C17H22FN3O4S/c18-15-10-14(11-19-12-15)3-4-17(22)20-5-1-2-16(13-20)26(23,24)21-6-8-25-9-7-21/h3-4,10-12,16H,1-2,5-9,13H2. The first-order valence-electron chi connectivity index (χ1n) is 8.61. The number of sulfonamides is 1. The van der Waals surface area contributed by atoms with E-state index in [1.807, 2.05) is 0 Å². The number of carbonyl (C=O) groups is 1. The first kappa shape index (κ1) is 18.9. The zero-order valence-electron chi connectivity index (χ0n) is 14.4. The van der Waals surface area contributed by atoms with E-state index in [4.69, 9.17) is 4.74 Å². The number of carbonyl (C=O) groups excluding carboxylic acids is 1. The lowest BCUT2D eigenvalue weighted by Gasteiger charge is -2.36. The van der Waals surface area contributed by atoms with Gasteiger partial charge in [0.25, 0.3) is 0 Å². The first-order valence-corrected chi connectivity index (χ1v) is 10.1. The summed E-state index contributed by atoms with van der Waals surface area (Å²) in [4.78, 5) is 17.7. The SMILES string of the molecule is O=C(C=Cc1cncc(F)c1)N1CCCC(S(=O)(=O)N2CCOCC2)C1. The van der Waals surface area contributed by atoms with E-state index in [-0.39, 0.29) is 12.5 Å². The number of hydrogen-bond acceptors (Lipinski definition) is 5. The van der Waals surface area contributed by atoms with Gasteiger partial charge in [-0.25, -0.2) is 12.8 Å². The van der Waals surface area contributed by atoms with Crippen molar-refractivity contribution in [2.24, 2.45) is 0 Å². The number of piperidine rings is 1. The maximum absolute atomic E-state index is 13.1. The molecule has 0 radical (unpaired) electrons. The molecule has 2 fully saturated rings. The Kier molecular flexibility index (Phi) is 6.00. The maximum atomic E-state index is 13.1. The number of likely N-dealkylation sites (tertiary alicyclic amines) is 1. The molecule has 26 heavy (non-hydrogen) atoms. The predicted octanol–water partition coefficient (Wildman–Crippen LogP) is 0.887. The molecule has 0 aromatic carbocycles. The Morgan fingerprint density at radius 2 is 2.04 bits per heavy atom. The number of ether oxygens (including phenoxy) is 1. The highest BCUT2D eigenvalue weighted by molar-refractivity contribution is 7.89. The number of rotatable bonds is 4. The molecule has 3 rings (SSSR count). The Morgan fingerprint density at radius 3 is 2.77 bits per heavy atom. The van der Waals surface area contributed by atoms with Gasteiger partial charge in [-0.3, -0.25) is 9.78 Å². The van der Waals surface area contributed by atoms with Crippen LogP contribution in [0.15, 0.2) is 24.5 Å². The summed E-state index contributed by atoms with van der Waals surface area (Å²) in [6, 6.07) is 1.28. The minimum Gasteiger partial charge on any atom is -0.379 e. The fourth-order valence-electron chi connectivity index (χ4n) is 3.19. The van der Waals surface area contributed by atoms with Gasteiger partial charge in [-0.1, -0.05) is 0 Å². The van der Waals surface area contributed by atoms with Crippen LogP contribution < -0.4 is 0 Å². The number of amides is 1. The maximum Gasteiger partial charge on any atom is 0.246 e. The smallest absolute Gasteiger partial charge is 0.246 e. The molecule has 1 atom stereocenters. The van der Waals surface area contributed by atoms with Gasteiger partial charge in [0.05, 0.1) is 24.7 Å². The normalized spacial score (nSPS) is 22.7. The van der Waals surface area contributed by atoms with Crippen molar-refractivity contribution in [2.45, 2.75) is 18.1 Å². The summed E-state index contributed by atoms with van der Waals surface area (Å²) in [7, 11) is -3.45. The number of halogens is 1. The highest BCUT2D eigenvalue weighted by atomic mass is 32.2. The van der Waals surface area contributed by atoms with Gasteiger partial charge in [0.2, 0.25) is 15.9 Å². The van der Waals surface area contributed by atoms with Gasteiger partial charge >= 0.3 is 0 Å². The summed E-state index contributed by atoms with van der Waals surface area (Å²) in [5.74, 6) is -0.759. The van der Waals surface area contributed by atoms with Crippen molar-refractivity contribution in [3.8, 4) is 0 Å². The summed E-state index contributed by atoms with van der Waals surface area (Å²) in [6.07, 6.45) is 6.54. The average molecular weight is 383 g/mol. The van der Waals surface area contributed by atoms with E-state index in [0.29, 0.717) is 51.3 Å². The molecule has 0 saturated carbocycles. The van der Waals surface area contributed by atoms with Crippen LogP contribution in [0.1, 0.15) is 18.4 Å². The lowest BCUT2D eigenvalue weighted by atomic mass is 10.1.